The number of aliphatic imine (C=N–C) groups is 1. The predicted octanol–water partition coefficient (Wildman–Crippen LogP) is 2.74. The molecule has 0 spiro atoms. The molecule has 0 bridgehead atoms. The average molecular weight is 533 g/mol. The van der Waals surface area contributed by atoms with Crippen molar-refractivity contribution in [2.75, 3.05) is 65.0 Å². The number of anilines is 1. The maximum atomic E-state index is 12.3. The smallest absolute Gasteiger partial charge is 0.410 e. The van der Waals surface area contributed by atoms with E-state index in [9.17, 15) is 4.79 Å². The van der Waals surface area contributed by atoms with Crippen LogP contribution >= 0.6 is 11.3 Å². The molecule has 1 saturated heterocycles. The Bertz CT molecular complexity index is 1030. The summed E-state index contributed by atoms with van der Waals surface area (Å²) in [4.78, 5) is 30.7. The summed E-state index contributed by atoms with van der Waals surface area (Å²) < 4.78 is 10.9. The van der Waals surface area contributed by atoms with Gasteiger partial charge in [0, 0.05) is 46.0 Å². The van der Waals surface area contributed by atoms with Crippen LogP contribution in [0.5, 0.6) is 0 Å². The van der Waals surface area contributed by atoms with Crippen molar-refractivity contribution in [3.63, 3.8) is 0 Å². The first kappa shape index (κ1) is 28.6. The molecular formula is C25H40N8O3S. The number of hydrogen-bond acceptors (Lipinski definition) is 9. The molecule has 37 heavy (non-hydrogen) atoms. The number of guanidine groups is 1. The van der Waals surface area contributed by atoms with E-state index in [1.807, 2.05) is 39.0 Å². The monoisotopic (exact) mass is 532 g/mol. The van der Waals surface area contributed by atoms with Gasteiger partial charge in [-0.15, -0.1) is 6.58 Å². The van der Waals surface area contributed by atoms with Crippen LogP contribution in [0.15, 0.2) is 36.0 Å². The number of amides is 1. The lowest BCUT2D eigenvalue weighted by Gasteiger charge is -2.36. The number of fused-ring (bicyclic) bond motifs is 1. The third-order valence-electron chi connectivity index (χ3n) is 5.59. The Labute approximate surface area is 223 Å². The van der Waals surface area contributed by atoms with Gasteiger partial charge in [0.15, 0.2) is 11.1 Å². The summed E-state index contributed by atoms with van der Waals surface area (Å²) in [5.74, 6) is 0.597. The van der Waals surface area contributed by atoms with Crippen LogP contribution in [-0.4, -0.2) is 103 Å². The van der Waals surface area contributed by atoms with E-state index in [2.05, 4.69) is 44.3 Å². The second-order valence-corrected chi connectivity index (χ2v) is 11.1. The van der Waals surface area contributed by atoms with E-state index in [1.54, 1.807) is 18.1 Å². The number of thiazole rings is 1. The molecule has 1 aliphatic heterocycles. The number of likely N-dealkylation sites (N-methyl/N-ethyl adjacent to an activating group) is 1. The minimum Gasteiger partial charge on any atom is -0.444 e. The van der Waals surface area contributed by atoms with E-state index >= 15 is 0 Å². The van der Waals surface area contributed by atoms with Crippen molar-refractivity contribution in [1.29, 1.82) is 0 Å². The van der Waals surface area contributed by atoms with Crippen molar-refractivity contribution in [1.82, 2.24) is 30.4 Å². The molecule has 1 amide bonds. The first-order valence-corrected chi connectivity index (χ1v) is 13.3. The van der Waals surface area contributed by atoms with E-state index < -0.39 is 11.1 Å². The molecule has 2 aromatic heterocycles. The zero-order valence-corrected chi connectivity index (χ0v) is 23.4. The summed E-state index contributed by atoms with van der Waals surface area (Å²) in [5.41, 5.74) is -0.120. The highest BCUT2D eigenvalue weighted by Crippen LogP contribution is 2.23. The first-order valence-electron chi connectivity index (χ1n) is 12.5. The number of aromatic nitrogens is 2. The van der Waals surface area contributed by atoms with E-state index in [1.165, 1.54) is 11.3 Å². The number of hydrogen-bond donors (Lipinski definition) is 3. The van der Waals surface area contributed by atoms with Crippen molar-refractivity contribution < 1.29 is 14.3 Å². The fourth-order valence-corrected chi connectivity index (χ4v) is 4.39. The molecule has 3 heterocycles. The standard InChI is InChI=1S/C25H40N8O3S/c1-7-25(5,17-33-13-15-35-16-14-33)31-21(27-11-12-32(6)23(34)36-24(2,3)4)28-18-29-22-30-19-9-8-10-26-20(19)37-22/h7-10H,1,11-18H2,2-6H3,(H,29,30)(H2,27,28,31). The summed E-state index contributed by atoms with van der Waals surface area (Å²) in [5, 5.41) is 10.9. The van der Waals surface area contributed by atoms with Gasteiger partial charge in [0.05, 0.1) is 18.8 Å². The number of carbonyl (C=O) groups is 1. The van der Waals surface area contributed by atoms with E-state index in [0.717, 1.165) is 48.3 Å². The van der Waals surface area contributed by atoms with Gasteiger partial charge in [0.25, 0.3) is 0 Å². The average Bonchev–Trinajstić information content (AvgIpc) is 3.26. The molecular weight excluding hydrogens is 492 g/mol. The van der Waals surface area contributed by atoms with Gasteiger partial charge in [-0.2, -0.15) is 0 Å². The van der Waals surface area contributed by atoms with Gasteiger partial charge in [0.1, 0.15) is 22.6 Å². The van der Waals surface area contributed by atoms with Gasteiger partial charge in [-0.1, -0.05) is 17.4 Å². The maximum absolute atomic E-state index is 12.3. The fourth-order valence-electron chi connectivity index (χ4n) is 3.59. The number of pyridine rings is 1. The second-order valence-electron chi connectivity index (χ2n) is 10.2. The van der Waals surface area contributed by atoms with Gasteiger partial charge in [-0.3, -0.25) is 4.90 Å². The van der Waals surface area contributed by atoms with Crippen LogP contribution in [0.2, 0.25) is 0 Å². The Kier molecular flexibility index (Phi) is 10.1. The van der Waals surface area contributed by atoms with Crippen LogP contribution in [0.3, 0.4) is 0 Å². The van der Waals surface area contributed by atoms with E-state index in [0.29, 0.717) is 25.7 Å². The first-order chi connectivity index (χ1) is 17.6. The van der Waals surface area contributed by atoms with Gasteiger partial charge < -0.3 is 30.3 Å². The molecule has 0 radical (unpaired) electrons. The van der Waals surface area contributed by atoms with E-state index in [4.69, 9.17) is 14.5 Å². The molecule has 0 saturated carbocycles. The number of ether oxygens (including phenoxy) is 2. The molecule has 0 aromatic carbocycles. The fraction of sp³-hybridized carbons (Fsp3) is 0.600. The minimum atomic E-state index is -0.542. The zero-order valence-electron chi connectivity index (χ0n) is 22.5. The highest BCUT2D eigenvalue weighted by atomic mass is 32.1. The molecule has 3 N–H and O–H groups in total. The number of morpholine rings is 1. The van der Waals surface area contributed by atoms with Crippen LogP contribution in [-0.2, 0) is 9.47 Å². The van der Waals surface area contributed by atoms with Gasteiger partial charge >= 0.3 is 6.09 Å². The molecule has 11 nitrogen and oxygen atoms in total. The van der Waals surface area contributed by atoms with E-state index in [-0.39, 0.29) is 6.09 Å². The quantitative estimate of drug-likeness (QED) is 0.241. The van der Waals surface area contributed by atoms with Crippen LogP contribution in [0.4, 0.5) is 9.93 Å². The van der Waals surface area contributed by atoms with Gasteiger partial charge in [0.2, 0.25) is 0 Å². The molecule has 1 aliphatic rings. The highest BCUT2D eigenvalue weighted by molar-refractivity contribution is 7.21. The Hall–Kier alpha value is -2.96. The van der Waals surface area contributed by atoms with Crippen molar-refractivity contribution in [3.05, 3.63) is 31.0 Å². The molecule has 0 aliphatic carbocycles. The molecule has 12 heteroatoms. The number of rotatable bonds is 10. The molecule has 1 unspecified atom stereocenters. The SMILES string of the molecule is C=CC(C)(CN1CCOCC1)NC(=NCNc1nc2cccnc2s1)NCCN(C)C(=O)OC(C)(C)C. The zero-order chi connectivity index (χ0) is 26.9. The lowest BCUT2D eigenvalue weighted by atomic mass is 10.0. The summed E-state index contributed by atoms with van der Waals surface area (Å²) in [6, 6.07) is 3.80. The lowest BCUT2D eigenvalue weighted by molar-refractivity contribution is 0.0297. The van der Waals surface area contributed by atoms with Crippen molar-refractivity contribution in [2.24, 2.45) is 4.99 Å². The van der Waals surface area contributed by atoms with Gasteiger partial charge in [-0.05, 0) is 39.8 Å². The minimum absolute atomic E-state index is 0.307. The van der Waals surface area contributed by atoms with Crippen LogP contribution < -0.4 is 16.0 Å². The number of nitrogens with zero attached hydrogens (tertiary/aromatic N) is 5. The lowest BCUT2D eigenvalue weighted by Crippen LogP contribution is -2.57. The second kappa shape index (κ2) is 13.0. The van der Waals surface area contributed by atoms with Gasteiger partial charge in [-0.25, -0.2) is 19.8 Å². The topological polar surface area (TPSA) is 116 Å². The third-order valence-corrected chi connectivity index (χ3v) is 6.53. The molecule has 204 valence electrons. The highest BCUT2D eigenvalue weighted by Gasteiger charge is 2.26. The Morgan fingerprint density at radius 1 is 1.35 bits per heavy atom. The largest absolute Gasteiger partial charge is 0.444 e. The maximum Gasteiger partial charge on any atom is 0.410 e. The van der Waals surface area contributed by atoms with Crippen LogP contribution in [0, 0.1) is 0 Å². The summed E-state index contributed by atoms with van der Waals surface area (Å²) in [7, 11) is 1.72. The number of nitrogens with one attached hydrogen (secondary N) is 3. The van der Waals surface area contributed by atoms with Crippen LogP contribution in [0.25, 0.3) is 10.3 Å². The predicted molar refractivity (Wildman–Crippen MR) is 149 cm³/mol. The normalized spacial score (nSPS) is 16.6. The van der Waals surface area contributed by atoms with Crippen molar-refractivity contribution in [2.45, 2.75) is 38.8 Å². The summed E-state index contributed by atoms with van der Waals surface area (Å²) in [6.45, 7) is 16.9. The third kappa shape index (κ3) is 9.45. The van der Waals surface area contributed by atoms with Crippen molar-refractivity contribution >= 4 is 38.9 Å². The molecule has 3 rings (SSSR count). The Balaban J connectivity index is 1.64. The number of carbonyl (C=O) groups excluding carboxylic acids is 1. The Morgan fingerprint density at radius 3 is 2.78 bits per heavy atom. The van der Waals surface area contributed by atoms with Crippen LogP contribution in [0.1, 0.15) is 27.7 Å². The molecule has 2 aromatic rings. The summed E-state index contributed by atoms with van der Waals surface area (Å²) in [6.07, 6.45) is 3.29. The summed E-state index contributed by atoms with van der Waals surface area (Å²) >= 11 is 1.48. The molecule has 1 atom stereocenters. The van der Waals surface area contributed by atoms with Crippen molar-refractivity contribution in [3.8, 4) is 0 Å². The Morgan fingerprint density at radius 2 is 2.11 bits per heavy atom. The molecule has 1 fully saturated rings.